The number of benzene rings is 1. The number of carbonyl (C=O) groups excluding carboxylic acids is 2. The molecule has 0 aromatic heterocycles. The highest BCUT2D eigenvalue weighted by Gasteiger charge is 2.30. The van der Waals surface area contributed by atoms with Gasteiger partial charge in [-0.25, -0.2) is 0 Å². The fourth-order valence-corrected chi connectivity index (χ4v) is 2.01. The van der Waals surface area contributed by atoms with E-state index in [1.807, 2.05) is 12.1 Å². The maximum absolute atomic E-state index is 12.1. The Morgan fingerprint density at radius 3 is 2.50 bits per heavy atom. The van der Waals surface area contributed by atoms with Gasteiger partial charge in [-0.3, -0.25) is 19.8 Å². The molecule has 6 heteroatoms. The van der Waals surface area contributed by atoms with Crippen LogP contribution in [0.3, 0.4) is 0 Å². The number of hydrogen-bond acceptors (Lipinski definition) is 4. The largest absolute Gasteiger partial charge is 0.493 e. The molecule has 1 aromatic rings. The average molecular weight is 318 g/mol. The highest BCUT2D eigenvalue weighted by molar-refractivity contribution is 7.80. The van der Waals surface area contributed by atoms with Crippen LogP contribution in [0.25, 0.3) is 6.08 Å². The number of likely N-dealkylation sites (N-methyl/N-ethyl adjacent to an activating group) is 1. The molecule has 1 aromatic carbocycles. The monoisotopic (exact) mass is 318 g/mol. The Labute approximate surface area is 134 Å². The number of amides is 2. The summed E-state index contributed by atoms with van der Waals surface area (Å²) in [6, 6.07) is 7.23. The molecular weight excluding hydrogens is 300 g/mol. The maximum Gasteiger partial charge on any atom is 0.265 e. The van der Waals surface area contributed by atoms with E-state index in [0.29, 0.717) is 12.5 Å². The van der Waals surface area contributed by atoms with Crippen LogP contribution >= 0.6 is 12.2 Å². The molecule has 0 saturated carbocycles. The Morgan fingerprint density at radius 2 is 1.91 bits per heavy atom. The van der Waals surface area contributed by atoms with E-state index >= 15 is 0 Å². The SMILES string of the molecule is CC(C)COc1ccc(/C=C2\C(=O)NC(=S)N(C)C2=O)cc1. The Balaban J connectivity index is 2.16. The van der Waals surface area contributed by atoms with Gasteiger partial charge in [-0.2, -0.15) is 0 Å². The van der Waals surface area contributed by atoms with Gasteiger partial charge in [0, 0.05) is 7.05 Å². The molecule has 0 bridgehead atoms. The Hall–Kier alpha value is -2.21. The Kier molecular flexibility index (Phi) is 4.92. The molecular formula is C16H18N2O3S. The molecule has 1 saturated heterocycles. The summed E-state index contributed by atoms with van der Waals surface area (Å²) in [6.45, 7) is 4.80. The molecule has 2 amide bonds. The third-order valence-corrected chi connectivity index (χ3v) is 3.46. The van der Waals surface area contributed by atoms with Crippen LogP contribution in [-0.4, -0.2) is 35.5 Å². The van der Waals surface area contributed by atoms with Gasteiger partial charge in [-0.1, -0.05) is 26.0 Å². The third kappa shape index (κ3) is 3.71. The molecule has 5 nitrogen and oxygen atoms in total. The first kappa shape index (κ1) is 16.2. The molecule has 0 atom stereocenters. The lowest BCUT2D eigenvalue weighted by Crippen LogP contribution is -2.52. The number of ether oxygens (including phenoxy) is 1. The summed E-state index contributed by atoms with van der Waals surface area (Å²) in [5.74, 6) is 0.320. The van der Waals surface area contributed by atoms with Crippen molar-refractivity contribution in [3.63, 3.8) is 0 Å². The second kappa shape index (κ2) is 6.70. The zero-order valence-electron chi connectivity index (χ0n) is 12.8. The molecule has 0 spiro atoms. The quantitative estimate of drug-likeness (QED) is 0.524. The fraction of sp³-hybridized carbons (Fsp3) is 0.312. The van der Waals surface area contributed by atoms with E-state index in [4.69, 9.17) is 17.0 Å². The Bertz CT molecular complexity index is 635. The zero-order valence-corrected chi connectivity index (χ0v) is 13.6. The van der Waals surface area contributed by atoms with Gasteiger partial charge in [0.05, 0.1) is 6.61 Å². The Morgan fingerprint density at radius 1 is 1.27 bits per heavy atom. The van der Waals surface area contributed by atoms with Crippen LogP contribution in [0, 0.1) is 5.92 Å². The van der Waals surface area contributed by atoms with Gasteiger partial charge >= 0.3 is 0 Å². The molecule has 0 unspecified atom stereocenters. The van der Waals surface area contributed by atoms with Crippen LogP contribution in [0.1, 0.15) is 19.4 Å². The lowest BCUT2D eigenvalue weighted by molar-refractivity contribution is -0.128. The fourth-order valence-electron chi connectivity index (χ4n) is 1.84. The van der Waals surface area contributed by atoms with Gasteiger partial charge in [0.15, 0.2) is 5.11 Å². The summed E-state index contributed by atoms with van der Waals surface area (Å²) in [4.78, 5) is 25.2. The van der Waals surface area contributed by atoms with Crippen molar-refractivity contribution >= 4 is 35.2 Å². The normalized spacial score (nSPS) is 17.2. The number of nitrogens with one attached hydrogen (secondary N) is 1. The summed E-state index contributed by atoms with van der Waals surface area (Å²) in [5, 5.41) is 2.59. The first-order valence-electron chi connectivity index (χ1n) is 6.96. The van der Waals surface area contributed by atoms with Crippen LogP contribution in [0.2, 0.25) is 0 Å². The predicted octanol–water partition coefficient (Wildman–Crippen LogP) is 1.98. The molecule has 0 radical (unpaired) electrons. The zero-order chi connectivity index (χ0) is 16.3. The average Bonchev–Trinajstić information content (AvgIpc) is 2.48. The summed E-state index contributed by atoms with van der Waals surface area (Å²) < 4.78 is 5.59. The van der Waals surface area contributed by atoms with Gasteiger partial charge in [-0.15, -0.1) is 0 Å². The number of hydrogen-bond donors (Lipinski definition) is 1. The van der Waals surface area contributed by atoms with Crippen LogP contribution in [0.15, 0.2) is 29.8 Å². The highest BCUT2D eigenvalue weighted by atomic mass is 32.1. The van der Waals surface area contributed by atoms with Crippen molar-refractivity contribution in [1.82, 2.24) is 10.2 Å². The van der Waals surface area contributed by atoms with E-state index < -0.39 is 11.8 Å². The summed E-state index contributed by atoms with van der Waals surface area (Å²) in [5.41, 5.74) is 0.809. The van der Waals surface area contributed by atoms with E-state index in [-0.39, 0.29) is 10.7 Å². The second-order valence-corrected chi connectivity index (χ2v) is 5.84. The van der Waals surface area contributed by atoms with Gasteiger partial charge in [-0.05, 0) is 41.9 Å². The van der Waals surface area contributed by atoms with Crippen LogP contribution in [-0.2, 0) is 9.59 Å². The molecule has 1 aliphatic heterocycles. The first-order chi connectivity index (χ1) is 10.4. The molecule has 116 valence electrons. The van der Waals surface area contributed by atoms with Crippen molar-refractivity contribution in [2.75, 3.05) is 13.7 Å². The van der Waals surface area contributed by atoms with Crippen molar-refractivity contribution in [3.05, 3.63) is 35.4 Å². The van der Waals surface area contributed by atoms with E-state index in [1.165, 1.54) is 11.9 Å². The van der Waals surface area contributed by atoms with E-state index in [0.717, 1.165) is 11.3 Å². The van der Waals surface area contributed by atoms with Crippen molar-refractivity contribution in [1.29, 1.82) is 0 Å². The molecule has 2 rings (SSSR count). The standard InChI is InChI=1S/C16H18N2O3S/c1-10(2)9-21-12-6-4-11(5-7-12)8-13-14(19)17-16(22)18(3)15(13)20/h4-8,10H,9H2,1-3H3,(H,17,19,22)/b13-8+. The van der Waals surface area contributed by atoms with Crippen molar-refractivity contribution in [3.8, 4) is 5.75 Å². The summed E-state index contributed by atoms with van der Waals surface area (Å²) in [6.07, 6.45) is 1.54. The van der Waals surface area contributed by atoms with Crippen LogP contribution in [0.4, 0.5) is 0 Å². The second-order valence-electron chi connectivity index (χ2n) is 5.46. The van der Waals surface area contributed by atoms with Gasteiger partial charge < -0.3 is 4.74 Å². The highest BCUT2D eigenvalue weighted by Crippen LogP contribution is 2.17. The number of carbonyl (C=O) groups is 2. The van der Waals surface area contributed by atoms with E-state index in [2.05, 4.69) is 19.2 Å². The lowest BCUT2D eigenvalue weighted by atomic mass is 10.1. The maximum atomic E-state index is 12.1. The van der Waals surface area contributed by atoms with Crippen molar-refractivity contribution in [2.24, 2.45) is 5.92 Å². The topological polar surface area (TPSA) is 58.6 Å². The first-order valence-corrected chi connectivity index (χ1v) is 7.37. The minimum absolute atomic E-state index is 0.0620. The minimum atomic E-state index is -0.478. The molecule has 22 heavy (non-hydrogen) atoms. The minimum Gasteiger partial charge on any atom is -0.493 e. The van der Waals surface area contributed by atoms with Crippen molar-refractivity contribution in [2.45, 2.75) is 13.8 Å². The predicted molar refractivity (Wildman–Crippen MR) is 88.3 cm³/mol. The van der Waals surface area contributed by atoms with Crippen molar-refractivity contribution < 1.29 is 14.3 Å². The van der Waals surface area contributed by atoms with E-state index in [1.54, 1.807) is 18.2 Å². The van der Waals surface area contributed by atoms with Crippen LogP contribution in [0.5, 0.6) is 5.75 Å². The number of thiocarbonyl (C=S) groups is 1. The molecule has 1 aliphatic rings. The van der Waals surface area contributed by atoms with Crippen LogP contribution < -0.4 is 10.1 Å². The molecule has 1 fully saturated rings. The molecule has 1 N–H and O–H groups in total. The number of nitrogens with zero attached hydrogens (tertiary/aromatic N) is 1. The molecule has 0 aliphatic carbocycles. The summed E-state index contributed by atoms with van der Waals surface area (Å²) >= 11 is 4.90. The van der Waals surface area contributed by atoms with Gasteiger partial charge in [0.1, 0.15) is 11.3 Å². The van der Waals surface area contributed by atoms with Gasteiger partial charge in [0.25, 0.3) is 11.8 Å². The summed E-state index contributed by atoms with van der Waals surface area (Å²) in [7, 11) is 1.53. The van der Waals surface area contributed by atoms with E-state index in [9.17, 15) is 9.59 Å². The molecule has 1 heterocycles. The smallest absolute Gasteiger partial charge is 0.265 e. The third-order valence-electron chi connectivity index (χ3n) is 3.08. The lowest BCUT2D eigenvalue weighted by Gasteiger charge is -2.25. The number of rotatable bonds is 4. The van der Waals surface area contributed by atoms with Gasteiger partial charge in [0.2, 0.25) is 0 Å².